The monoisotopic (exact) mass is 394 g/mol. The third kappa shape index (κ3) is 3.77. The van der Waals surface area contributed by atoms with Gasteiger partial charge in [-0.1, -0.05) is 0 Å². The lowest BCUT2D eigenvalue weighted by Crippen LogP contribution is -2.30. The van der Waals surface area contributed by atoms with Crippen LogP contribution in [0.15, 0.2) is 41.9 Å². The Morgan fingerprint density at radius 2 is 2.07 bits per heavy atom. The second-order valence-corrected chi connectivity index (χ2v) is 6.72. The zero-order chi connectivity index (χ0) is 20.4. The predicted molar refractivity (Wildman–Crippen MR) is 108 cm³/mol. The topological polar surface area (TPSA) is 95.6 Å². The number of amidine groups is 1. The maximum absolute atomic E-state index is 12.6. The normalized spacial score (nSPS) is 12.6. The molecule has 1 aliphatic rings. The second-order valence-electron chi connectivity index (χ2n) is 6.72. The van der Waals surface area contributed by atoms with Crippen molar-refractivity contribution in [1.82, 2.24) is 24.9 Å². The number of carbonyl (C=O) groups is 1. The average Bonchev–Trinajstić information content (AvgIpc) is 3.44. The molecular weight excluding hydrogens is 372 g/mol. The van der Waals surface area contributed by atoms with Crippen molar-refractivity contribution < 1.29 is 14.3 Å². The molecule has 0 saturated carbocycles. The summed E-state index contributed by atoms with van der Waals surface area (Å²) in [6.07, 6.45) is 7.44. The van der Waals surface area contributed by atoms with E-state index >= 15 is 0 Å². The van der Waals surface area contributed by atoms with Crippen LogP contribution < -0.4 is 10.1 Å². The number of rotatable bonds is 6. The van der Waals surface area contributed by atoms with Crippen LogP contribution in [-0.4, -0.2) is 52.1 Å². The number of nitrogens with zero attached hydrogens (tertiary/aromatic N) is 5. The lowest BCUT2D eigenvalue weighted by Gasteiger charge is -2.09. The van der Waals surface area contributed by atoms with E-state index in [9.17, 15) is 4.79 Å². The van der Waals surface area contributed by atoms with Gasteiger partial charge in [0.1, 0.15) is 11.6 Å². The minimum atomic E-state index is -0.248. The van der Waals surface area contributed by atoms with E-state index in [0.29, 0.717) is 31.0 Å². The summed E-state index contributed by atoms with van der Waals surface area (Å²) in [7, 11) is 5.13. The molecule has 0 fully saturated rings. The minimum absolute atomic E-state index is 0.248. The lowest BCUT2D eigenvalue weighted by atomic mass is 10.0. The van der Waals surface area contributed by atoms with Crippen LogP contribution in [0.2, 0.25) is 0 Å². The summed E-state index contributed by atoms with van der Waals surface area (Å²) in [4.78, 5) is 17.3. The Balaban J connectivity index is 1.57. The van der Waals surface area contributed by atoms with Crippen molar-refractivity contribution >= 4 is 17.4 Å². The Morgan fingerprint density at radius 1 is 1.21 bits per heavy atom. The van der Waals surface area contributed by atoms with Gasteiger partial charge in [0.2, 0.25) is 0 Å². The van der Waals surface area contributed by atoms with Gasteiger partial charge >= 0.3 is 0 Å². The van der Waals surface area contributed by atoms with Gasteiger partial charge in [-0.15, -0.1) is 0 Å². The summed E-state index contributed by atoms with van der Waals surface area (Å²) >= 11 is 0. The van der Waals surface area contributed by atoms with Crippen molar-refractivity contribution in [1.29, 1.82) is 0 Å². The molecule has 1 aliphatic heterocycles. The first-order chi connectivity index (χ1) is 14.1. The van der Waals surface area contributed by atoms with Gasteiger partial charge in [-0.05, 0) is 12.1 Å². The van der Waals surface area contributed by atoms with Crippen molar-refractivity contribution in [2.24, 2.45) is 12.0 Å². The van der Waals surface area contributed by atoms with Crippen molar-refractivity contribution in [2.75, 3.05) is 20.8 Å². The number of aryl methyl sites for hydroxylation is 1. The molecule has 150 valence electrons. The Bertz CT molecular complexity index is 1080. The number of amides is 1. The molecule has 3 aromatic rings. The van der Waals surface area contributed by atoms with Gasteiger partial charge in [-0.25, -0.2) is 4.99 Å². The Hall–Kier alpha value is -3.46. The first kappa shape index (κ1) is 18.9. The molecule has 2 aromatic heterocycles. The molecule has 3 heterocycles. The fourth-order valence-electron chi connectivity index (χ4n) is 3.31. The predicted octanol–water partition coefficient (Wildman–Crippen LogP) is 1.95. The molecule has 9 nitrogen and oxygen atoms in total. The number of aromatic nitrogens is 4. The summed E-state index contributed by atoms with van der Waals surface area (Å²) in [5.41, 5.74) is 4.12. The van der Waals surface area contributed by atoms with E-state index in [1.54, 1.807) is 36.0 Å². The molecule has 1 aromatic carbocycles. The van der Waals surface area contributed by atoms with E-state index < -0.39 is 0 Å². The first-order valence-corrected chi connectivity index (χ1v) is 9.18. The molecule has 4 rings (SSSR count). The summed E-state index contributed by atoms with van der Waals surface area (Å²) in [5, 5.41) is 11.3. The molecule has 1 N–H and O–H groups in total. The molecule has 0 unspecified atom stereocenters. The van der Waals surface area contributed by atoms with Crippen molar-refractivity contribution in [2.45, 2.75) is 13.0 Å². The highest BCUT2D eigenvalue weighted by Gasteiger charge is 2.24. The van der Waals surface area contributed by atoms with Crippen LogP contribution in [0.25, 0.3) is 11.1 Å². The molecule has 1 amide bonds. The summed E-state index contributed by atoms with van der Waals surface area (Å²) in [5.74, 6) is 1.07. The van der Waals surface area contributed by atoms with E-state index in [-0.39, 0.29) is 5.91 Å². The summed E-state index contributed by atoms with van der Waals surface area (Å²) in [6, 6.07) is 3.88. The van der Waals surface area contributed by atoms with E-state index in [0.717, 1.165) is 28.1 Å². The highest BCUT2D eigenvalue weighted by Crippen LogP contribution is 2.41. The zero-order valence-electron chi connectivity index (χ0n) is 16.5. The van der Waals surface area contributed by atoms with Crippen LogP contribution in [0.1, 0.15) is 15.9 Å². The number of methoxy groups -OCH3 is 2. The van der Waals surface area contributed by atoms with Gasteiger partial charge in [0, 0.05) is 49.7 Å². The fraction of sp³-hybridized carbons (Fsp3) is 0.300. The van der Waals surface area contributed by atoms with E-state index in [1.807, 2.05) is 25.4 Å². The van der Waals surface area contributed by atoms with Crippen molar-refractivity contribution in [3.05, 3.63) is 48.0 Å². The number of fused-ring (bicyclic) bond motifs is 1. The number of hydrogen-bond acceptors (Lipinski definition) is 6. The van der Waals surface area contributed by atoms with Gasteiger partial charge < -0.3 is 14.8 Å². The van der Waals surface area contributed by atoms with Crippen LogP contribution >= 0.6 is 0 Å². The third-order valence-electron chi connectivity index (χ3n) is 4.74. The van der Waals surface area contributed by atoms with E-state index in [2.05, 4.69) is 20.5 Å². The van der Waals surface area contributed by atoms with E-state index in [4.69, 9.17) is 9.47 Å². The molecule has 0 atom stereocenters. The average molecular weight is 394 g/mol. The fourth-order valence-corrected chi connectivity index (χ4v) is 3.31. The van der Waals surface area contributed by atoms with Crippen LogP contribution in [0.4, 0.5) is 5.69 Å². The maximum atomic E-state index is 12.6. The molecule has 0 radical (unpaired) electrons. The molecule has 0 spiro atoms. The molecule has 0 aliphatic carbocycles. The Labute approximate surface area is 168 Å². The Kier molecular flexibility index (Phi) is 5.13. The third-order valence-corrected chi connectivity index (χ3v) is 4.74. The number of carbonyl (C=O) groups excluding carboxylic acids is 1. The standard InChI is InChI=1S/C20H22N6O3/c1-25-11-13(9-21-25)15-4-5-17(29-3)16-8-18(23-19(15)16)24-20(27)14-10-22-26(12-14)6-7-28-2/h4-5,9-12H,6-8H2,1-3H3,(H,23,24,27). The number of aliphatic imine (C=N–C) groups is 1. The minimum Gasteiger partial charge on any atom is -0.496 e. The Morgan fingerprint density at radius 3 is 2.79 bits per heavy atom. The lowest BCUT2D eigenvalue weighted by molar-refractivity contribution is 0.0976. The van der Waals surface area contributed by atoms with Gasteiger partial charge in [0.25, 0.3) is 5.91 Å². The van der Waals surface area contributed by atoms with Gasteiger partial charge in [-0.3, -0.25) is 14.2 Å². The SMILES string of the molecule is COCCn1cc(C(=O)NC2=Nc3c(-c4cnn(C)c4)ccc(OC)c3C2)cn1. The largest absolute Gasteiger partial charge is 0.496 e. The number of ether oxygens (including phenoxy) is 2. The number of hydrogen-bond donors (Lipinski definition) is 1. The van der Waals surface area contributed by atoms with Crippen molar-refractivity contribution in [3.63, 3.8) is 0 Å². The number of benzene rings is 1. The molecule has 29 heavy (non-hydrogen) atoms. The second kappa shape index (κ2) is 7.88. The highest BCUT2D eigenvalue weighted by molar-refractivity contribution is 6.10. The molecule has 0 saturated heterocycles. The van der Waals surface area contributed by atoms with Crippen LogP contribution in [0.3, 0.4) is 0 Å². The molecule has 0 bridgehead atoms. The first-order valence-electron chi connectivity index (χ1n) is 9.18. The van der Waals surface area contributed by atoms with Crippen LogP contribution in [0.5, 0.6) is 5.75 Å². The van der Waals surface area contributed by atoms with E-state index in [1.165, 1.54) is 6.20 Å². The van der Waals surface area contributed by atoms with Crippen molar-refractivity contribution in [3.8, 4) is 16.9 Å². The quantitative estimate of drug-likeness (QED) is 0.690. The number of nitrogens with one attached hydrogen (secondary N) is 1. The van der Waals surface area contributed by atoms with Gasteiger partial charge in [0.15, 0.2) is 0 Å². The zero-order valence-corrected chi connectivity index (χ0v) is 16.5. The van der Waals surface area contributed by atoms with Gasteiger partial charge in [0.05, 0.1) is 43.9 Å². The summed E-state index contributed by atoms with van der Waals surface area (Å²) < 4.78 is 13.9. The highest BCUT2D eigenvalue weighted by atomic mass is 16.5. The molecular formula is C20H22N6O3. The summed E-state index contributed by atoms with van der Waals surface area (Å²) in [6.45, 7) is 1.11. The molecule has 9 heteroatoms. The van der Waals surface area contributed by atoms with Crippen LogP contribution in [0, 0.1) is 0 Å². The smallest absolute Gasteiger partial charge is 0.259 e. The van der Waals surface area contributed by atoms with Gasteiger partial charge in [-0.2, -0.15) is 10.2 Å². The van der Waals surface area contributed by atoms with Crippen LogP contribution in [-0.2, 0) is 24.8 Å². The maximum Gasteiger partial charge on any atom is 0.259 e.